The number of aliphatic imine (C=N–C) groups is 1. The average Bonchev–Trinajstić information content (AvgIpc) is 2.92. The average molecular weight is 494 g/mol. The Morgan fingerprint density at radius 1 is 1.20 bits per heavy atom. The van der Waals surface area contributed by atoms with E-state index in [9.17, 15) is 14.8 Å². The summed E-state index contributed by atoms with van der Waals surface area (Å²) >= 11 is 6.30. The summed E-state index contributed by atoms with van der Waals surface area (Å²) < 4.78 is 5.84. The molecule has 182 valence electrons. The van der Waals surface area contributed by atoms with Crippen LogP contribution in [0.4, 0.5) is 5.69 Å². The molecule has 0 spiro atoms. The number of rotatable bonds is 5. The third-order valence-electron chi connectivity index (χ3n) is 5.90. The van der Waals surface area contributed by atoms with E-state index in [0.29, 0.717) is 34.9 Å². The summed E-state index contributed by atoms with van der Waals surface area (Å²) in [5, 5.41) is 15.9. The number of hydrogen-bond acceptors (Lipinski definition) is 6. The largest absolute Gasteiger partial charge is 0.362 e. The van der Waals surface area contributed by atoms with Crippen molar-refractivity contribution < 1.29 is 19.5 Å². The quantitative estimate of drug-likeness (QED) is 0.492. The number of amides is 2. The number of nitrogens with one attached hydrogen (secondary N) is 1. The van der Waals surface area contributed by atoms with Gasteiger partial charge < -0.3 is 10.1 Å². The van der Waals surface area contributed by atoms with Crippen LogP contribution in [0.3, 0.4) is 0 Å². The third-order valence-corrected chi connectivity index (χ3v) is 6.13. The molecule has 0 radical (unpaired) electrons. The van der Waals surface area contributed by atoms with Crippen LogP contribution in [-0.2, 0) is 14.3 Å². The second-order valence-electron chi connectivity index (χ2n) is 8.43. The van der Waals surface area contributed by atoms with Crippen LogP contribution in [0.5, 0.6) is 0 Å². The molecule has 0 fully saturated rings. The fourth-order valence-corrected chi connectivity index (χ4v) is 4.36. The van der Waals surface area contributed by atoms with Gasteiger partial charge >= 0.3 is 0 Å². The molecular weight excluding hydrogens is 466 g/mol. The van der Waals surface area contributed by atoms with Crippen LogP contribution >= 0.6 is 11.6 Å². The monoisotopic (exact) mass is 493 g/mol. The van der Waals surface area contributed by atoms with Crippen molar-refractivity contribution in [2.75, 3.05) is 18.7 Å². The Balaban J connectivity index is 1.72. The molecule has 2 aromatic rings. The van der Waals surface area contributed by atoms with Gasteiger partial charge in [-0.3, -0.25) is 19.8 Å². The van der Waals surface area contributed by atoms with Crippen LogP contribution in [0.15, 0.2) is 59.1 Å². The minimum Gasteiger partial charge on any atom is -0.362 e. The Labute approximate surface area is 209 Å². The summed E-state index contributed by atoms with van der Waals surface area (Å²) in [5.41, 5.74) is 2.35. The summed E-state index contributed by atoms with van der Waals surface area (Å²) in [5.74, 6) is -1.49. The summed E-state index contributed by atoms with van der Waals surface area (Å²) in [6.07, 6.45) is 7.95. The standard InChI is InChI=1S/C27H28ClN3O4/c1-2-6-18-7-3-4-8-19(18)9-5-10-22-16-35-17-29-24-12-11-21(28)15-23(24)27(30-22)20-13-25(32)31(34)26(33)14-20/h3-4,6-9,11-13,15,22,29,34H,2,5,10,14,16-17H2,1H3/b18-6-,19-9-,30-27?. The molecule has 0 aliphatic carbocycles. The highest BCUT2D eigenvalue weighted by molar-refractivity contribution is 6.32. The molecule has 7 nitrogen and oxygen atoms in total. The van der Waals surface area contributed by atoms with Gasteiger partial charge in [-0.25, -0.2) is 0 Å². The highest BCUT2D eigenvalue weighted by atomic mass is 35.5. The normalized spacial score (nSPS) is 19.9. The number of carbonyl (C=O) groups excluding carboxylic acids is 2. The lowest BCUT2D eigenvalue weighted by atomic mass is 9.95. The van der Waals surface area contributed by atoms with E-state index in [4.69, 9.17) is 21.3 Å². The number of fused-ring (bicyclic) bond motifs is 1. The molecule has 2 N–H and O–H groups in total. The Bertz CT molecular complexity index is 1300. The van der Waals surface area contributed by atoms with Crippen LogP contribution in [-0.4, -0.2) is 47.2 Å². The van der Waals surface area contributed by atoms with Gasteiger partial charge in [0.05, 0.1) is 24.8 Å². The lowest BCUT2D eigenvalue weighted by Gasteiger charge is -2.22. The zero-order chi connectivity index (χ0) is 24.8. The first kappa shape index (κ1) is 24.9. The van der Waals surface area contributed by atoms with Crippen molar-refractivity contribution in [2.24, 2.45) is 4.99 Å². The molecule has 0 aromatic heterocycles. The molecule has 0 bridgehead atoms. The van der Waals surface area contributed by atoms with Crippen LogP contribution in [0, 0.1) is 0 Å². The highest BCUT2D eigenvalue weighted by Crippen LogP contribution is 2.28. The van der Waals surface area contributed by atoms with Gasteiger partial charge in [-0.15, -0.1) is 0 Å². The molecule has 1 atom stereocenters. The molecule has 2 aliphatic rings. The predicted molar refractivity (Wildman–Crippen MR) is 137 cm³/mol. The Morgan fingerprint density at radius 3 is 2.71 bits per heavy atom. The lowest BCUT2D eigenvalue weighted by molar-refractivity contribution is -0.176. The van der Waals surface area contributed by atoms with E-state index in [0.717, 1.165) is 18.5 Å². The van der Waals surface area contributed by atoms with E-state index in [1.807, 2.05) is 18.2 Å². The molecule has 2 amide bonds. The first-order valence-corrected chi connectivity index (χ1v) is 12.1. The Kier molecular flexibility index (Phi) is 8.13. The molecule has 1 unspecified atom stereocenters. The maximum atomic E-state index is 12.2. The van der Waals surface area contributed by atoms with Crippen LogP contribution in [0.25, 0.3) is 12.2 Å². The number of ether oxygens (including phenoxy) is 1. The fraction of sp³-hybridized carbons (Fsp3) is 0.296. The molecule has 2 heterocycles. The van der Waals surface area contributed by atoms with E-state index in [1.165, 1.54) is 16.5 Å². The SMILES string of the molecule is CC/C=c1/cccc/c1=C/CCC1COCNc2ccc(Cl)cc2C(C2=CC(=O)N(O)C(=O)C2)=N1. The van der Waals surface area contributed by atoms with Gasteiger partial charge in [0, 0.05) is 22.3 Å². The van der Waals surface area contributed by atoms with E-state index in [1.54, 1.807) is 12.1 Å². The first-order chi connectivity index (χ1) is 17.0. The van der Waals surface area contributed by atoms with Gasteiger partial charge in [0.2, 0.25) is 0 Å². The summed E-state index contributed by atoms with van der Waals surface area (Å²) in [6, 6.07) is 13.4. The molecule has 0 saturated carbocycles. The summed E-state index contributed by atoms with van der Waals surface area (Å²) in [6.45, 7) is 2.77. The summed E-state index contributed by atoms with van der Waals surface area (Å²) in [7, 11) is 0. The first-order valence-electron chi connectivity index (χ1n) is 11.7. The van der Waals surface area contributed by atoms with Crippen LogP contribution in [0.1, 0.15) is 38.2 Å². The van der Waals surface area contributed by atoms with Crippen LogP contribution in [0.2, 0.25) is 5.02 Å². The molecule has 2 aliphatic heterocycles. The maximum absolute atomic E-state index is 12.2. The lowest BCUT2D eigenvalue weighted by Crippen LogP contribution is -2.37. The molecule has 0 saturated heterocycles. The van der Waals surface area contributed by atoms with Gasteiger partial charge in [-0.05, 0) is 53.5 Å². The topological polar surface area (TPSA) is 91.2 Å². The van der Waals surface area contributed by atoms with Crippen molar-refractivity contribution in [3.05, 3.63) is 75.1 Å². The van der Waals surface area contributed by atoms with Crippen molar-refractivity contribution in [1.29, 1.82) is 0 Å². The summed E-state index contributed by atoms with van der Waals surface area (Å²) in [4.78, 5) is 29.4. The van der Waals surface area contributed by atoms with Gasteiger partial charge in [-0.2, -0.15) is 5.06 Å². The van der Waals surface area contributed by atoms with Crippen molar-refractivity contribution >= 4 is 47.0 Å². The molecule has 4 rings (SSSR count). The van der Waals surface area contributed by atoms with Gasteiger partial charge in [0.1, 0.15) is 6.73 Å². The highest BCUT2D eigenvalue weighted by Gasteiger charge is 2.29. The maximum Gasteiger partial charge on any atom is 0.277 e. The number of halogens is 1. The minimum atomic E-state index is -0.791. The van der Waals surface area contributed by atoms with E-state index in [-0.39, 0.29) is 24.3 Å². The zero-order valence-electron chi connectivity index (χ0n) is 19.5. The van der Waals surface area contributed by atoms with Crippen molar-refractivity contribution in [1.82, 2.24) is 5.06 Å². The number of anilines is 1. The fourth-order valence-electron chi connectivity index (χ4n) is 4.19. The predicted octanol–water partition coefficient (Wildman–Crippen LogP) is 3.42. The number of imide groups is 1. The number of benzene rings is 2. The van der Waals surface area contributed by atoms with Crippen molar-refractivity contribution in [3.63, 3.8) is 0 Å². The minimum absolute atomic E-state index is 0.136. The number of carbonyl (C=O) groups is 2. The number of hydroxylamine groups is 2. The van der Waals surface area contributed by atoms with E-state index in [2.05, 4.69) is 36.5 Å². The van der Waals surface area contributed by atoms with Gasteiger partial charge in [-0.1, -0.05) is 54.9 Å². The second-order valence-corrected chi connectivity index (χ2v) is 8.86. The van der Waals surface area contributed by atoms with Crippen LogP contribution < -0.4 is 15.8 Å². The number of hydrogen-bond donors (Lipinski definition) is 2. The zero-order valence-corrected chi connectivity index (χ0v) is 20.3. The molecular formula is C27H28ClN3O4. The van der Waals surface area contributed by atoms with E-state index >= 15 is 0 Å². The number of nitrogens with zero attached hydrogens (tertiary/aromatic N) is 2. The second kappa shape index (κ2) is 11.4. The van der Waals surface area contributed by atoms with Gasteiger partial charge in [0.25, 0.3) is 11.8 Å². The Hall–Kier alpha value is -3.26. The molecule has 8 heteroatoms. The van der Waals surface area contributed by atoms with Gasteiger partial charge in [0.15, 0.2) is 0 Å². The smallest absolute Gasteiger partial charge is 0.277 e. The molecule has 2 aromatic carbocycles. The third kappa shape index (κ3) is 6.06. The Morgan fingerprint density at radius 2 is 1.97 bits per heavy atom. The van der Waals surface area contributed by atoms with E-state index < -0.39 is 11.8 Å². The molecule has 35 heavy (non-hydrogen) atoms. The van der Waals surface area contributed by atoms with Crippen molar-refractivity contribution in [3.8, 4) is 0 Å². The van der Waals surface area contributed by atoms with Crippen molar-refractivity contribution in [2.45, 2.75) is 38.6 Å².